The van der Waals surface area contributed by atoms with Gasteiger partial charge in [0, 0.05) is 26.3 Å². The van der Waals surface area contributed by atoms with Crippen LogP contribution in [0.5, 0.6) is 0 Å². The van der Waals surface area contributed by atoms with Crippen LogP contribution in [-0.4, -0.2) is 45.1 Å². The van der Waals surface area contributed by atoms with Gasteiger partial charge in [0.2, 0.25) is 10.0 Å². The number of halogens is 1. The van der Waals surface area contributed by atoms with Crippen molar-refractivity contribution in [3.63, 3.8) is 0 Å². The lowest BCUT2D eigenvalue weighted by Crippen LogP contribution is -2.36. The van der Waals surface area contributed by atoms with Gasteiger partial charge in [0.15, 0.2) is 0 Å². The summed E-state index contributed by atoms with van der Waals surface area (Å²) in [7, 11) is -0.483. The van der Waals surface area contributed by atoms with E-state index >= 15 is 0 Å². The minimum atomic E-state index is -3.34. The van der Waals surface area contributed by atoms with E-state index in [0.717, 1.165) is 4.31 Å². The maximum Gasteiger partial charge on any atom is 0.319 e. The third-order valence-electron chi connectivity index (χ3n) is 2.62. The number of hydrogen-bond donors (Lipinski definition) is 2. The summed E-state index contributed by atoms with van der Waals surface area (Å²) in [6.07, 6.45) is 0. The van der Waals surface area contributed by atoms with Gasteiger partial charge in [-0.3, -0.25) is 0 Å². The molecule has 0 heterocycles. The van der Waals surface area contributed by atoms with Crippen molar-refractivity contribution in [3.05, 3.63) is 29.6 Å². The summed E-state index contributed by atoms with van der Waals surface area (Å²) in [4.78, 5) is 11.5. The largest absolute Gasteiger partial charge is 0.337 e. The van der Waals surface area contributed by atoms with Gasteiger partial charge in [0.1, 0.15) is 5.82 Å². The Morgan fingerprint density at radius 2 is 2.00 bits per heavy atom. The smallest absolute Gasteiger partial charge is 0.319 e. The maximum absolute atomic E-state index is 13.0. The molecule has 0 spiro atoms. The van der Waals surface area contributed by atoms with Crippen LogP contribution in [0.3, 0.4) is 0 Å². The first-order chi connectivity index (χ1) is 9.22. The summed E-state index contributed by atoms with van der Waals surface area (Å²) < 4.78 is 37.1. The van der Waals surface area contributed by atoms with E-state index < -0.39 is 16.1 Å². The van der Waals surface area contributed by atoms with E-state index in [-0.39, 0.29) is 18.1 Å². The van der Waals surface area contributed by atoms with Gasteiger partial charge in [-0.2, -0.15) is 0 Å². The molecule has 6 nitrogen and oxygen atoms in total. The zero-order chi connectivity index (χ0) is 15.3. The minimum absolute atomic E-state index is 0.00742. The van der Waals surface area contributed by atoms with Crippen LogP contribution in [0.1, 0.15) is 5.56 Å². The van der Waals surface area contributed by atoms with E-state index in [1.165, 1.54) is 32.3 Å². The molecule has 0 aromatic heterocycles. The number of amides is 2. The standard InChI is InChI=1S/C12H18FN3O3S/c1-9-8-10(4-5-11(9)13)15-12(17)14-6-7-20(18,19)16(2)3/h4-5,8H,6-7H2,1-3H3,(H2,14,15,17). The molecule has 0 saturated heterocycles. The van der Waals surface area contributed by atoms with Gasteiger partial charge in [-0.15, -0.1) is 0 Å². The predicted molar refractivity (Wildman–Crippen MR) is 75.6 cm³/mol. The molecule has 0 bridgehead atoms. The van der Waals surface area contributed by atoms with E-state index in [0.29, 0.717) is 11.3 Å². The van der Waals surface area contributed by atoms with Gasteiger partial charge >= 0.3 is 6.03 Å². The Balaban J connectivity index is 2.47. The Bertz CT molecular complexity index is 588. The van der Waals surface area contributed by atoms with Crippen LogP contribution in [0.15, 0.2) is 18.2 Å². The number of aryl methyl sites for hydroxylation is 1. The monoisotopic (exact) mass is 303 g/mol. The number of carbonyl (C=O) groups excluding carboxylic acids is 1. The molecule has 8 heteroatoms. The van der Waals surface area contributed by atoms with Gasteiger partial charge < -0.3 is 10.6 Å². The van der Waals surface area contributed by atoms with Gasteiger partial charge in [-0.25, -0.2) is 21.9 Å². The summed E-state index contributed by atoms with van der Waals surface area (Å²) in [5.41, 5.74) is 0.856. The average molecular weight is 303 g/mol. The van der Waals surface area contributed by atoms with E-state index in [1.807, 2.05) is 0 Å². The molecular weight excluding hydrogens is 285 g/mol. The molecule has 0 saturated carbocycles. The van der Waals surface area contributed by atoms with Crippen molar-refractivity contribution >= 4 is 21.7 Å². The number of benzene rings is 1. The van der Waals surface area contributed by atoms with E-state index in [1.54, 1.807) is 6.92 Å². The van der Waals surface area contributed by atoms with Crippen molar-refractivity contribution < 1.29 is 17.6 Å². The van der Waals surface area contributed by atoms with Crippen molar-refractivity contribution in [2.45, 2.75) is 6.92 Å². The summed E-state index contributed by atoms with van der Waals surface area (Å²) in [5, 5.41) is 4.93. The van der Waals surface area contributed by atoms with Crippen LogP contribution in [0.4, 0.5) is 14.9 Å². The van der Waals surface area contributed by atoms with Crippen molar-refractivity contribution in [2.24, 2.45) is 0 Å². The lowest BCUT2D eigenvalue weighted by molar-refractivity contribution is 0.252. The number of urea groups is 1. The van der Waals surface area contributed by atoms with Crippen molar-refractivity contribution in [1.29, 1.82) is 0 Å². The van der Waals surface area contributed by atoms with E-state index in [2.05, 4.69) is 10.6 Å². The summed E-state index contributed by atoms with van der Waals surface area (Å²) in [6.45, 7) is 1.58. The molecule has 0 atom stereocenters. The highest BCUT2D eigenvalue weighted by Crippen LogP contribution is 2.13. The van der Waals surface area contributed by atoms with Crippen LogP contribution >= 0.6 is 0 Å². The van der Waals surface area contributed by atoms with Crippen molar-refractivity contribution in [2.75, 3.05) is 31.7 Å². The second-order valence-electron chi connectivity index (χ2n) is 4.44. The van der Waals surface area contributed by atoms with Crippen molar-refractivity contribution in [1.82, 2.24) is 9.62 Å². The van der Waals surface area contributed by atoms with Crippen LogP contribution in [0.25, 0.3) is 0 Å². The SMILES string of the molecule is Cc1cc(NC(=O)NCCS(=O)(=O)N(C)C)ccc1F. The highest BCUT2D eigenvalue weighted by molar-refractivity contribution is 7.89. The summed E-state index contributed by atoms with van der Waals surface area (Å²) >= 11 is 0. The van der Waals surface area contributed by atoms with Gasteiger partial charge in [-0.1, -0.05) is 0 Å². The number of anilines is 1. The molecule has 2 N–H and O–H groups in total. The number of hydrogen-bond acceptors (Lipinski definition) is 3. The van der Waals surface area contributed by atoms with Gasteiger partial charge in [0.05, 0.1) is 5.75 Å². The summed E-state index contributed by atoms with van der Waals surface area (Å²) in [5.74, 6) is -0.538. The topological polar surface area (TPSA) is 78.5 Å². The van der Waals surface area contributed by atoms with E-state index in [4.69, 9.17) is 0 Å². The first-order valence-corrected chi connectivity index (χ1v) is 7.54. The fourth-order valence-corrected chi connectivity index (χ4v) is 2.10. The highest BCUT2D eigenvalue weighted by Gasteiger charge is 2.13. The zero-order valence-electron chi connectivity index (χ0n) is 11.6. The predicted octanol–water partition coefficient (Wildman–Crippen LogP) is 1.15. The quantitative estimate of drug-likeness (QED) is 0.856. The Kier molecular flexibility index (Phi) is 5.46. The molecule has 0 aliphatic carbocycles. The second-order valence-corrected chi connectivity index (χ2v) is 6.75. The molecule has 0 aliphatic rings. The van der Waals surface area contributed by atoms with E-state index in [9.17, 15) is 17.6 Å². The first kappa shape index (κ1) is 16.4. The molecular formula is C12H18FN3O3S. The first-order valence-electron chi connectivity index (χ1n) is 5.93. The molecule has 112 valence electrons. The van der Waals surface area contributed by atoms with Crippen LogP contribution in [0.2, 0.25) is 0 Å². The third kappa shape index (κ3) is 4.78. The lowest BCUT2D eigenvalue weighted by Gasteiger charge is -2.12. The molecule has 0 unspecified atom stereocenters. The fraction of sp³-hybridized carbons (Fsp3) is 0.417. The Hall–Kier alpha value is -1.67. The van der Waals surface area contributed by atoms with Crippen LogP contribution in [-0.2, 0) is 10.0 Å². The molecule has 1 aromatic carbocycles. The number of nitrogens with one attached hydrogen (secondary N) is 2. The zero-order valence-corrected chi connectivity index (χ0v) is 12.4. The van der Waals surface area contributed by atoms with Gasteiger partial charge in [0.25, 0.3) is 0 Å². The molecule has 1 aromatic rings. The number of carbonyl (C=O) groups is 1. The van der Waals surface area contributed by atoms with Gasteiger partial charge in [-0.05, 0) is 30.7 Å². The van der Waals surface area contributed by atoms with Crippen molar-refractivity contribution in [3.8, 4) is 0 Å². The average Bonchev–Trinajstić information content (AvgIpc) is 2.33. The normalized spacial score (nSPS) is 11.4. The maximum atomic E-state index is 13.0. The highest BCUT2D eigenvalue weighted by atomic mass is 32.2. The van der Waals surface area contributed by atoms with Crippen LogP contribution < -0.4 is 10.6 Å². The molecule has 0 radical (unpaired) electrons. The number of sulfonamides is 1. The second kappa shape index (κ2) is 6.67. The molecule has 0 aliphatic heterocycles. The number of rotatable bonds is 5. The molecule has 0 fully saturated rings. The molecule has 20 heavy (non-hydrogen) atoms. The molecule has 2 amide bonds. The molecule has 1 rings (SSSR count). The number of nitrogens with zero attached hydrogens (tertiary/aromatic N) is 1. The Labute approximate surface area is 118 Å². The fourth-order valence-electron chi connectivity index (χ4n) is 1.37. The Morgan fingerprint density at radius 1 is 1.35 bits per heavy atom. The summed E-state index contributed by atoms with van der Waals surface area (Å²) in [6, 6.07) is 3.63. The minimum Gasteiger partial charge on any atom is -0.337 e. The van der Waals surface area contributed by atoms with Crippen LogP contribution in [0, 0.1) is 12.7 Å². The lowest BCUT2D eigenvalue weighted by atomic mass is 10.2. The third-order valence-corrected chi connectivity index (χ3v) is 4.45. The Morgan fingerprint density at radius 3 is 2.55 bits per heavy atom.